The smallest absolute Gasteiger partial charge is 0.230 e. The lowest BCUT2D eigenvalue weighted by Crippen LogP contribution is -2.03. The number of nitrogens with zero attached hydrogens (tertiary/aromatic N) is 4. The highest BCUT2D eigenvalue weighted by molar-refractivity contribution is 5.74. The summed E-state index contributed by atoms with van der Waals surface area (Å²) in [5.74, 6) is 2.05. The van der Waals surface area contributed by atoms with Crippen molar-refractivity contribution in [3.05, 3.63) is 36.4 Å². The van der Waals surface area contributed by atoms with Gasteiger partial charge in [0.25, 0.3) is 0 Å². The lowest BCUT2D eigenvalue weighted by atomic mass is 10.2. The summed E-state index contributed by atoms with van der Waals surface area (Å²) in [6, 6.07) is 5.69. The van der Waals surface area contributed by atoms with Gasteiger partial charge in [-0.05, 0) is 37.3 Å². The lowest BCUT2D eigenvalue weighted by Gasteiger charge is -2.06. The van der Waals surface area contributed by atoms with E-state index in [1.165, 1.54) is 12.8 Å². The molecule has 1 aliphatic carbocycles. The molecule has 1 fully saturated rings. The molecule has 0 spiro atoms. The molecule has 0 unspecified atom stereocenters. The van der Waals surface area contributed by atoms with Crippen LogP contribution in [0.2, 0.25) is 0 Å². The first kappa shape index (κ1) is 11.3. The minimum Gasteiger partial charge on any atom is -0.342 e. The van der Waals surface area contributed by atoms with Crippen molar-refractivity contribution in [1.29, 1.82) is 0 Å². The summed E-state index contributed by atoms with van der Waals surface area (Å²) in [7, 11) is 0. The van der Waals surface area contributed by atoms with Gasteiger partial charge in [-0.3, -0.25) is 0 Å². The fraction of sp³-hybridized carbons (Fsp3) is 0.286. The van der Waals surface area contributed by atoms with E-state index in [4.69, 9.17) is 0 Å². The molecule has 0 radical (unpaired) electrons. The van der Waals surface area contributed by atoms with E-state index in [1.807, 2.05) is 18.2 Å². The van der Waals surface area contributed by atoms with Crippen LogP contribution in [-0.2, 0) is 6.42 Å². The number of pyridine rings is 1. The zero-order chi connectivity index (χ0) is 13.4. The van der Waals surface area contributed by atoms with Gasteiger partial charge in [-0.1, -0.05) is 6.07 Å². The van der Waals surface area contributed by atoms with E-state index in [0.717, 1.165) is 29.4 Å². The number of fused-ring (bicyclic) bond motifs is 1. The Bertz CT molecular complexity index is 732. The van der Waals surface area contributed by atoms with Gasteiger partial charge in [0.15, 0.2) is 5.65 Å². The highest BCUT2D eigenvalue weighted by Crippen LogP contribution is 2.33. The maximum atomic E-state index is 4.62. The average Bonchev–Trinajstić information content (AvgIpc) is 3.15. The monoisotopic (exact) mass is 266 g/mol. The van der Waals surface area contributed by atoms with Crippen molar-refractivity contribution in [2.75, 3.05) is 5.32 Å². The molecule has 3 aromatic heterocycles. The Kier molecular flexibility index (Phi) is 2.58. The summed E-state index contributed by atoms with van der Waals surface area (Å²) in [6.45, 7) is 0. The van der Waals surface area contributed by atoms with Gasteiger partial charge in [-0.15, -0.1) is 0 Å². The Morgan fingerprint density at radius 3 is 2.95 bits per heavy atom. The highest BCUT2D eigenvalue weighted by atomic mass is 15.2. The zero-order valence-electron chi connectivity index (χ0n) is 10.9. The minimum atomic E-state index is 0.555. The second-order valence-corrected chi connectivity index (χ2v) is 5.08. The van der Waals surface area contributed by atoms with Crippen molar-refractivity contribution in [2.24, 2.45) is 5.92 Å². The molecular weight excluding hydrogens is 252 g/mol. The minimum absolute atomic E-state index is 0.555. The first-order valence-electron chi connectivity index (χ1n) is 6.76. The van der Waals surface area contributed by atoms with Gasteiger partial charge in [0, 0.05) is 6.20 Å². The Morgan fingerprint density at radius 2 is 2.15 bits per heavy atom. The summed E-state index contributed by atoms with van der Waals surface area (Å²) in [4.78, 5) is 20.6. The van der Waals surface area contributed by atoms with Crippen LogP contribution in [0.15, 0.2) is 30.7 Å². The molecule has 0 atom stereocenters. The van der Waals surface area contributed by atoms with Crippen LogP contribution in [0.5, 0.6) is 0 Å². The molecule has 0 aromatic carbocycles. The molecule has 0 bridgehead atoms. The molecule has 6 heteroatoms. The highest BCUT2D eigenvalue weighted by Gasteiger charge is 2.24. The molecule has 3 aromatic rings. The number of aromatic amines is 1. The second-order valence-electron chi connectivity index (χ2n) is 5.08. The third-order valence-corrected chi connectivity index (χ3v) is 3.44. The standard InChI is InChI=1S/C14H14N6/c1-2-6-15-11(3-1)19-14-18-10(7-9-4-5-9)12-13(20-14)17-8-16-12/h1-3,6,8-9H,4-5,7H2,(H2,15,16,17,18,19,20). The number of hydrogen-bond acceptors (Lipinski definition) is 5. The first-order valence-corrected chi connectivity index (χ1v) is 6.76. The van der Waals surface area contributed by atoms with Crippen LogP contribution in [0.4, 0.5) is 11.8 Å². The topological polar surface area (TPSA) is 79.4 Å². The Labute approximate surface area is 115 Å². The van der Waals surface area contributed by atoms with Crippen LogP contribution in [-0.4, -0.2) is 24.9 Å². The molecule has 1 aliphatic rings. The van der Waals surface area contributed by atoms with Crippen molar-refractivity contribution >= 4 is 22.9 Å². The average molecular weight is 266 g/mol. The largest absolute Gasteiger partial charge is 0.342 e. The van der Waals surface area contributed by atoms with Crippen molar-refractivity contribution in [1.82, 2.24) is 24.9 Å². The van der Waals surface area contributed by atoms with E-state index in [0.29, 0.717) is 11.6 Å². The Morgan fingerprint density at radius 1 is 1.20 bits per heavy atom. The van der Waals surface area contributed by atoms with Crippen molar-refractivity contribution in [2.45, 2.75) is 19.3 Å². The molecule has 1 saturated carbocycles. The molecular formula is C14H14N6. The van der Waals surface area contributed by atoms with Crippen LogP contribution < -0.4 is 5.32 Å². The van der Waals surface area contributed by atoms with Gasteiger partial charge in [0.1, 0.15) is 11.3 Å². The molecule has 0 aliphatic heterocycles. The summed E-state index contributed by atoms with van der Waals surface area (Å²) in [5.41, 5.74) is 2.69. The van der Waals surface area contributed by atoms with Crippen molar-refractivity contribution < 1.29 is 0 Å². The maximum Gasteiger partial charge on any atom is 0.230 e. The second kappa shape index (κ2) is 4.56. The number of H-pyrrole nitrogens is 1. The number of imidazole rings is 1. The number of rotatable bonds is 4. The molecule has 4 rings (SSSR count). The van der Waals surface area contributed by atoms with Gasteiger partial charge in [0.05, 0.1) is 12.0 Å². The molecule has 6 nitrogen and oxygen atoms in total. The molecule has 0 amide bonds. The normalized spacial score (nSPS) is 14.6. The van der Waals surface area contributed by atoms with E-state index in [9.17, 15) is 0 Å². The van der Waals surface area contributed by atoms with E-state index >= 15 is 0 Å². The predicted octanol–water partition coefficient (Wildman–Crippen LogP) is 2.44. The summed E-state index contributed by atoms with van der Waals surface area (Å²) < 4.78 is 0. The number of hydrogen-bond donors (Lipinski definition) is 2. The van der Waals surface area contributed by atoms with Crippen LogP contribution in [0.1, 0.15) is 18.5 Å². The fourth-order valence-electron chi connectivity index (χ4n) is 2.24. The van der Waals surface area contributed by atoms with E-state index < -0.39 is 0 Å². The van der Waals surface area contributed by atoms with E-state index in [-0.39, 0.29) is 0 Å². The Balaban J connectivity index is 1.71. The fourth-order valence-corrected chi connectivity index (χ4v) is 2.24. The van der Waals surface area contributed by atoms with Gasteiger partial charge >= 0.3 is 0 Å². The third kappa shape index (κ3) is 2.20. The quantitative estimate of drug-likeness (QED) is 0.758. The summed E-state index contributed by atoms with van der Waals surface area (Å²) in [5, 5.41) is 3.13. The zero-order valence-corrected chi connectivity index (χ0v) is 10.9. The third-order valence-electron chi connectivity index (χ3n) is 3.44. The summed E-state index contributed by atoms with van der Waals surface area (Å²) >= 11 is 0. The SMILES string of the molecule is c1ccc(Nc2nc(CC3CC3)c3[nH]cnc3n2)nc1. The van der Waals surface area contributed by atoms with Crippen molar-refractivity contribution in [3.8, 4) is 0 Å². The number of anilines is 2. The van der Waals surface area contributed by atoms with Gasteiger partial charge in [-0.2, -0.15) is 4.98 Å². The Hall–Kier alpha value is -2.50. The van der Waals surface area contributed by atoms with Gasteiger partial charge < -0.3 is 10.3 Å². The predicted molar refractivity (Wildman–Crippen MR) is 75.6 cm³/mol. The molecule has 3 heterocycles. The first-order chi connectivity index (χ1) is 9.88. The molecule has 100 valence electrons. The van der Waals surface area contributed by atoms with Crippen LogP contribution in [0, 0.1) is 5.92 Å². The molecule has 20 heavy (non-hydrogen) atoms. The van der Waals surface area contributed by atoms with Gasteiger partial charge in [0.2, 0.25) is 5.95 Å². The number of aromatic nitrogens is 5. The van der Waals surface area contributed by atoms with Gasteiger partial charge in [-0.25, -0.2) is 15.0 Å². The van der Waals surface area contributed by atoms with E-state index in [1.54, 1.807) is 12.5 Å². The lowest BCUT2D eigenvalue weighted by molar-refractivity contribution is 0.808. The van der Waals surface area contributed by atoms with Crippen LogP contribution in [0.25, 0.3) is 11.2 Å². The molecule has 0 saturated heterocycles. The summed E-state index contributed by atoms with van der Waals surface area (Å²) in [6.07, 6.45) is 6.98. The maximum absolute atomic E-state index is 4.62. The molecule has 2 N–H and O–H groups in total. The van der Waals surface area contributed by atoms with Crippen LogP contribution >= 0.6 is 0 Å². The number of nitrogens with one attached hydrogen (secondary N) is 2. The van der Waals surface area contributed by atoms with Crippen LogP contribution in [0.3, 0.4) is 0 Å². The van der Waals surface area contributed by atoms with Crippen molar-refractivity contribution in [3.63, 3.8) is 0 Å². The van der Waals surface area contributed by atoms with E-state index in [2.05, 4.69) is 30.2 Å².